The van der Waals surface area contributed by atoms with E-state index >= 15 is 0 Å². The van der Waals surface area contributed by atoms with E-state index in [-0.39, 0.29) is 10.4 Å². The molecule has 0 fully saturated rings. The molecule has 0 spiro atoms. The summed E-state index contributed by atoms with van der Waals surface area (Å²) in [7, 11) is 1.24. The highest BCUT2D eigenvalue weighted by atomic mass is 127. The van der Waals surface area contributed by atoms with E-state index in [1.165, 1.54) is 35.8 Å². The van der Waals surface area contributed by atoms with Gasteiger partial charge < -0.3 is 4.74 Å². The molecule has 0 amide bonds. The molecule has 168 valence electrons. The Labute approximate surface area is 179 Å². The topological polar surface area (TPSA) is 74.3 Å². The predicted molar refractivity (Wildman–Crippen MR) is 95.8 cm³/mol. The van der Waals surface area contributed by atoms with Crippen LogP contribution in [0.15, 0.2) is 23.1 Å². The maximum Gasteiger partial charge on any atom is 0.455 e. The third-order valence-electron chi connectivity index (χ3n) is 3.98. The summed E-state index contributed by atoms with van der Waals surface area (Å²) in [6, 6.07) is 2.30. The highest BCUT2D eigenvalue weighted by Crippen LogP contribution is 2.38. The lowest BCUT2D eigenvalue weighted by Gasteiger charge is -2.19. The number of hydrogen-bond donors (Lipinski definition) is 0. The maximum absolute atomic E-state index is 13.6. The Morgan fingerprint density at radius 1 is 1.13 bits per heavy atom. The second-order valence-corrected chi connectivity index (χ2v) is 7.04. The van der Waals surface area contributed by atoms with E-state index in [0.717, 1.165) is 12.3 Å². The summed E-state index contributed by atoms with van der Waals surface area (Å²) < 4.78 is 110. The van der Waals surface area contributed by atoms with Crippen molar-refractivity contribution >= 4 is 28.2 Å². The van der Waals surface area contributed by atoms with Crippen LogP contribution in [-0.4, -0.2) is 43.6 Å². The third-order valence-corrected chi connectivity index (χ3v) is 5.05. The number of aromatic nitrogens is 5. The molecule has 0 aliphatic carbocycles. The molecule has 0 unspecified atom stereocenters. The summed E-state index contributed by atoms with van der Waals surface area (Å²) in [5.74, 6) is -5.14. The minimum Gasteiger partial charge on any atom is -0.497 e. The Kier molecular flexibility index (Phi) is 5.64. The summed E-state index contributed by atoms with van der Waals surface area (Å²) >= 11 is 1.18. The number of nitrogens with zero attached hydrogens (tertiary/aromatic N) is 5. The van der Waals surface area contributed by atoms with Crippen molar-refractivity contribution in [3.8, 4) is 17.0 Å². The number of ether oxygens (including phenoxy) is 1. The molecule has 0 radical (unpaired) electrons. The normalized spacial score (nSPS) is 13.1. The summed E-state index contributed by atoms with van der Waals surface area (Å²) in [5.41, 5.74) is -5.42. The first-order valence-corrected chi connectivity index (χ1v) is 8.97. The van der Waals surface area contributed by atoms with Crippen LogP contribution in [0.1, 0.15) is 5.69 Å². The van der Waals surface area contributed by atoms with Crippen molar-refractivity contribution in [1.82, 2.24) is 24.4 Å². The average molecular weight is 569 g/mol. The molecule has 0 aliphatic heterocycles. The zero-order valence-electron chi connectivity index (χ0n) is 14.9. The largest absolute Gasteiger partial charge is 0.497 e. The number of alkyl halides is 8. The molecule has 3 aromatic heterocycles. The van der Waals surface area contributed by atoms with Crippen LogP contribution in [0.4, 0.5) is 35.1 Å². The maximum atomic E-state index is 13.6. The van der Waals surface area contributed by atoms with E-state index in [0.29, 0.717) is 4.40 Å². The third kappa shape index (κ3) is 4.16. The van der Waals surface area contributed by atoms with Gasteiger partial charge in [-0.3, -0.25) is 9.20 Å². The lowest BCUT2D eigenvalue weighted by Crippen LogP contribution is -2.41. The van der Waals surface area contributed by atoms with Crippen LogP contribution in [0.3, 0.4) is 0 Å². The van der Waals surface area contributed by atoms with E-state index in [4.69, 9.17) is 4.74 Å². The van der Waals surface area contributed by atoms with Crippen molar-refractivity contribution in [3.05, 3.63) is 38.1 Å². The molecule has 0 N–H and O–H groups in total. The number of fused-ring (bicyclic) bond motifs is 1. The summed E-state index contributed by atoms with van der Waals surface area (Å²) in [6.07, 6.45) is -10.1. The molecule has 0 atom stereocenters. The standard InChI is InChI=1S/C15H8F8IN5O2/c1-31-6-2-3-28-7(4-6)25-10(14(18,19)20)8(12(28)30)9-11(24)29(27-26-9)5-13(16,17)15(21,22)23/h2-4H,5H2,1H3. The van der Waals surface area contributed by atoms with Crippen LogP contribution >= 0.6 is 22.6 Å². The van der Waals surface area contributed by atoms with E-state index in [1.54, 1.807) is 0 Å². The quantitative estimate of drug-likeness (QED) is 0.354. The molecule has 3 rings (SSSR count). The summed E-state index contributed by atoms with van der Waals surface area (Å²) in [4.78, 5) is 16.2. The minimum absolute atomic E-state index is 0.0614. The fourth-order valence-corrected chi connectivity index (χ4v) is 3.14. The highest BCUT2D eigenvalue weighted by Gasteiger charge is 2.58. The fourth-order valence-electron chi connectivity index (χ4n) is 2.50. The van der Waals surface area contributed by atoms with Crippen molar-refractivity contribution in [1.29, 1.82) is 0 Å². The van der Waals surface area contributed by atoms with Crippen LogP contribution in [-0.2, 0) is 12.7 Å². The number of pyridine rings is 1. The number of methoxy groups -OCH3 is 1. The van der Waals surface area contributed by atoms with Crippen LogP contribution in [0.2, 0.25) is 0 Å². The molecule has 0 aliphatic rings. The van der Waals surface area contributed by atoms with Crippen molar-refractivity contribution in [3.63, 3.8) is 0 Å². The van der Waals surface area contributed by atoms with Gasteiger partial charge in [-0.05, 0) is 28.7 Å². The molecule has 0 aromatic carbocycles. The van der Waals surface area contributed by atoms with E-state index in [1.807, 2.05) is 0 Å². The first-order valence-electron chi connectivity index (χ1n) is 7.89. The monoisotopic (exact) mass is 569 g/mol. The van der Waals surface area contributed by atoms with Crippen molar-refractivity contribution in [2.45, 2.75) is 24.8 Å². The van der Waals surface area contributed by atoms with Gasteiger partial charge in [0.15, 0.2) is 5.69 Å². The molecule has 0 bridgehead atoms. The minimum atomic E-state index is -5.93. The smallest absolute Gasteiger partial charge is 0.455 e. The number of rotatable bonds is 4. The van der Waals surface area contributed by atoms with Gasteiger partial charge in [0.2, 0.25) is 0 Å². The van der Waals surface area contributed by atoms with Crippen molar-refractivity contribution in [2.75, 3.05) is 7.11 Å². The zero-order valence-corrected chi connectivity index (χ0v) is 17.1. The fraction of sp³-hybridized carbons (Fsp3) is 0.333. The van der Waals surface area contributed by atoms with Gasteiger partial charge in [-0.2, -0.15) is 35.1 Å². The van der Waals surface area contributed by atoms with Crippen molar-refractivity contribution in [2.24, 2.45) is 0 Å². The lowest BCUT2D eigenvalue weighted by atomic mass is 10.1. The van der Waals surface area contributed by atoms with Gasteiger partial charge in [-0.1, -0.05) is 5.21 Å². The van der Waals surface area contributed by atoms with E-state index in [2.05, 4.69) is 15.3 Å². The molecule has 0 saturated heterocycles. The van der Waals surface area contributed by atoms with Crippen LogP contribution in [0.5, 0.6) is 5.75 Å². The number of hydrogen-bond acceptors (Lipinski definition) is 5. The van der Waals surface area contributed by atoms with Gasteiger partial charge in [0.25, 0.3) is 5.56 Å². The van der Waals surface area contributed by atoms with Gasteiger partial charge in [-0.15, -0.1) is 5.10 Å². The van der Waals surface area contributed by atoms with E-state index in [9.17, 15) is 39.9 Å². The molecular formula is C15H8F8IN5O2. The van der Waals surface area contributed by atoms with Gasteiger partial charge in [-0.25, -0.2) is 9.67 Å². The second kappa shape index (κ2) is 7.56. The summed E-state index contributed by atoms with van der Waals surface area (Å²) in [6.45, 7) is -2.04. The first-order chi connectivity index (χ1) is 14.2. The van der Waals surface area contributed by atoms with Crippen LogP contribution in [0, 0.1) is 3.70 Å². The lowest BCUT2D eigenvalue weighted by molar-refractivity contribution is -0.287. The number of halogens is 9. The van der Waals surface area contributed by atoms with E-state index < -0.39 is 56.7 Å². The Hall–Kier alpha value is -2.53. The molecule has 0 saturated carbocycles. The Morgan fingerprint density at radius 3 is 2.32 bits per heavy atom. The van der Waals surface area contributed by atoms with Crippen LogP contribution < -0.4 is 10.3 Å². The molecule has 3 heterocycles. The Morgan fingerprint density at radius 2 is 1.77 bits per heavy atom. The first kappa shape index (κ1) is 23.1. The highest BCUT2D eigenvalue weighted by molar-refractivity contribution is 14.1. The van der Waals surface area contributed by atoms with Gasteiger partial charge in [0, 0.05) is 12.3 Å². The Balaban J connectivity index is 2.25. The molecule has 16 heteroatoms. The van der Waals surface area contributed by atoms with Gasteiger partial charge >= 0.3 is 18.3 Å². The molecule has 3 aromatic rings. The predicted octanol–water partition coefficient (Wildman–Crippen LogP) is 3.78. The molecule has 31 heavy (non-hydrogen) atoms. The SMILES string of the molecule is COc1ccn2c(=O)c(-c3nnn(CC(F)(F)C(F)(F)F)c3I)c(C(F)(F)F)nc2c1. The average Bonchev–Trinajstić information content (AvgIpc) is 2.99. The zero-order chi connectivity index (χ0) is 23.4. The van der Waals surface area contributed by atoms with Crippen LogP contribution in [0.25, 0.3) is 16.9 Å². The second-order valence-electron chi connectivity index (χ2n) is 6.02. The molecular weight excluding hydrogens is 561 g/mol. The molecule has 7 nitrogen and oxygen atoms in total. The van der Waals surface area contributed by atoms with Crippen molar-refractivity contribution < 1.29 is 39.9 Å². The Bertz CT molecular complexity index is 1200. The summed E-state index contributed by atoms with van der Waals surface area (Å²) in [5, 5.41) is 6.33. The van der Waals surface area contributed by atoms with Gasteiger partial charge in [0.05, 0.1) is 7.11 Å². The van der Waals surface area contributed by atoms with Gasteiger partial charge in [0.1, 0.15) is 32.9 Å².